The maximum atomic E-state index is 13.4. The van der Waals surface area contributed by atoms with Gasteiger partial charge in [0.1, 0.15) is 5.82 Å². The Kier molecular flexibility index (Phi) is 5.34. The molecule has 0 radical (unpaired) electrons. The van der Waals surface area contributed by atoms with Crippen molar-refractivity contribution >= 4 is 23.6 Å². The molecule has 1 fully saturated rings. The summed E-state index contributed by atoms with van der Waals surface area (Å²) in [6.45, 7) is 4.06. The smallest absolute Gasteiger partial charge is 0.199 e. The molecule has 0 saturated carbocycles. The van der Waals surface area contributed by atoms with Crippen LogP contribution < -0.4 is 0 Å². The van der Waals surface area contributed by atoms with E-state index >= 15 is 0 Å². The van der Waals surface area contributed by atoms with Crippen molar-refractivity contribution in [3.8, 4) is 11.4 Å². The van der Waals surface area contributed by atoms with E-state index in [2.05, 4.69) is 20.9 Å². The number of hydrogen-bond donors (Lipinski definition) is 0. The SMILES string of the molecule is Fc1ccc(-c2nn(CN3CCc4sccc4C3)c(=S)n2CC2CCCO2)cc1. The van der Waals surface area contributed by atoms with E-state index in [-0.39, 0.29) is 11.9 Å². The molecule has 152 valence electrons. The molecule has 1 aromatic carbocycles. The Bertz CT molecular complexity index is 1050. The Morgan fingerprint density at radius 1 is 1.24 bits per heavy atom. The van der Waals surface area contributed by atoms with Crippen LogP contribution in [-0.2, 0) is 30.9 Å². The first kappa shape index (κ1) is 19.1. The molecule has 0 N–H and O–H groups in total. The van der Waals surface area contributed by atoms with Crippen LogP contribution in [0.15, 0.2) is 35.7 Å². The van der Waals surface area contributed by atoms with Crippen LogP contribution in [0.4, 0.5) is 4.39 Å². The zero-order valence-electron chi connectivity index (χ0n) is 16.1. The Morgan fingerprint density at radius 3 is 2.90 bits per heavy atom. The second-order valence-corrected chi connectivity index (χ2v) is 9.04. The lowest BCUT2D eigenvalue weighted by Crippen LogP contribution is -2.32. The average Bonchev–Trinajstić information content (AvgIpc) is 3.46. The number of aromatic nitrogens is 3. The summed E-state index contributed by atoms with van der Waals surface area (Å²) in [5, 5.41) is 7.02. The third kappa shape index (κ3) is 3.94. The fourth-order valence-corrected chi connectivity index (χ4v) is 5.27. The Labute approximate surface area is 178 Å². The predicted molar refractivity (Wildman–Crippen MR) is 114 cm³/mol. The van der Waals surface area contributed by atoms with Gasteiger partial charge in [0.15, 0.2) is 10.6 Å². The van der Waals surface area contributed by atoms with Crippen LogP contribution in [0.25, 0.3) is 11.4 Å². The van der Waals surface area contributed by atoms with Crippen LogP contribution >= 0.6 is 23.6 Å². The minimum Gasteiger partial charge on any atom is -0.376 e. The molecule has 4 heterocycles. The van der Waals surface area contributed by atoms with Crippen molar-refractivity contribution < 1.29 is 9.13 Å². The lowest BCUT2D eigenvalue weighted by Gasteiger charge is -2.26. The highest BCUT2D eigenvalue weighted by molar-refractivity contribution is 7.71. The van der Waals surface area contributed by atoms with Crippen LogP contribution in [0.5, 0.6) is 0 Å². The van der Waals surface area contributed by atoms with Gasteiger partial charge in [-0.05, 0) is 72.8 Å². The Morgan fingerprint density at radius 2 is 2.10 bits per heavy atom. The molecule has 1 saturated heterocycles. The number of hydrogen-bond acceptors (Lipinski definition) is 5. The Hall–Kier alpha value is -1.87. The number of rotatable bonds is 5. The maximum Gasteiger partial charge on any atom is 0.199 e. The fourth-order valence-electron chi connectivity index (χ4n) is 4.12. The summed E-state index contributed by atoms with van der Waals surface area (Å²) in [7, 11) is 0. The second-order valence-electron chi connectivity index (χ2n) is 7.67. The summed E-state index contributed by atoms with van der Waals surface area (Å²) in [5.41, 5.74) is 2.28. The highest BCUT2D eigenvalue weighted by Gasteiger charge is 2.23. The van der Waals surface area contributed by atoms with Gasteiger partial charge in [0.05, 0.1) is 19.3 Å². The molecule has 0 bridgehead atoms. The monoisotopic (exact) mass is 430 g/mol. The molecular formula is C21H23FN4OS2. The quantitative estimate of drug-likeness (QED) is 0.559. The fraction of sp³-hybridized carbons (Fsp3) is 0.429. The molecule has 3 aromatic rings. The standard InChI is InChI=1S/C21H23FN4OS2/c22-17-5-3-15(4-6-17)20-23-26(21(28)25(20)13-18-2-1-10-27-18)14-24-9-7-19-16(12-24)8-11-29-19/h3-6,8,11,18H,1-2,7,9-10,12-14H2. The summed E-state index contributed by atoms with van der Waals surface area (Å²) in [6.07, 6.45) is 3.33. The van der Waals surface area contributed by atoms with E-state index in [1.54, 1.807) is 12.1 Å². The van der Waals surface area contributed by atoms with E-state index in [9.17, 15) is 4.39 Å². The van der Waals surface area contributed by atoms with Gasteiger partial charge in [-0.2, -0.15) is 5.10 Å². The Balaban J connectivity index is 1.45. The molecule has 2 aromatic heterocycles. The lowest BCUT2D eigenvalue weighted by atomic mass is 10.1. The van der Waals surface area contributed by atoms with Crippen molar-refractivity contribution in [1.82, 2.24) is 19.2 Å². The first-order valence-electron chi connectivity index (χ1n) is 10.00. The second kappa shape index (κ2) is 8.10. The summed E-state index contributed by atoms with van der Waals surface area (Å²) in [6, 6.07) is 8.68. The van der Waals surface area contributed by atoms with Gasteiger partial charge in [0.2, 0.25) is 0 Å². The molecule has 29 heavy (non-hydrogen) atoms. The normalized spacial score (nSPS) is 19.6. The van der Waals surface area contributed by atoms with Crippen molar-refractivity contribution in [1.29, 1.82) is 0 Å². The minimum atomic E-state index is -0.252. The maximum absolute atomic E-state index is 13.4. The number of nitrogens with zero attached hydrogens (tertiary/aromatic N) is 4. The van der Waals surface area contributed by atoms with E-state index in [1.165, 1.54) is 22.6 Å². The topological polar surface area (TPSA) is 35.2 Å². The van der Waals surface area contributed by atoms with Gasteiger partial charge >= 0.3 is 0 Å². The van der Waals surface area contributed by atoms with Crippen LogP contribution in [0, 0.1) is 10.6 Å². The van der Waals surface area contributed by atoms with Crippen LogP contribution in [0.3, 0.4) is 0 Å². The minimum absolute atomic E-state index is 0.155. The van der Waals surface area contributed by atoms with Gasteiger partial charge < -0.3 is 4.74 Å². The van der Waals surface area contributed by atoms with E-state index in [1.807, 2.05) is 16.0 Å². The first-order chi connectivity index (χ1) is 14.2. The molecule has 8 heteroatoms. The third-order valence-electron chi connectivity index (χ3n) is 5.66. The number of halogens is 1. The summed E-state index contributed by atoms with van der Waals surface area (Å²) in [5.74, 6) is 0.524. The van der Waals surface area contributed by atoms with Crippen molar-refractivity contribution in [2.24, 2.45) is 0 Å². The zero-order chi connectivity index (χ0) is 19.8. The molecular weight excluding hydrogens is 407 g/mol. The number of benzene rings is 1. The average molecular weight is 431 g/mol. The van der Waals surface area contributed by atoms with Crippen molar-refractivity contribution in [2.45, 2.75) is 45.1 Å². The summed E-state index contributed by atoms with van der Waals surface area (Å²) >= 11 is 7.65. The van der Waals surface area contributed by atoms with Gasteiger partial charge in [0.25, 0.3) is 0 Å². The third-order valence-corrected chi connectivity index (χ3v) is 7.11. The zero-order valence-corrected chi connectivity index (χ0v) is 17.7. The van der Waals surface area contributed by atoms with Crippen LogP contribution in [0.2, 0.25) is 0 Å². The van der Waals surface area contributed by atoms with Gasteiger partial charge in [0, 0.05) is 30.1 Å². The first-order valence-corrected chi connectivity index (χ1v) is 11.3. The molecule has 0 amide bonds. The molecule has 1 unspecified atom stereocenters. The number of fused-ring (bicyclic) bond motifs is 1. The number of ether oxygens (including phenoxy) is 1. The van der Waals surface area contributed by atoms with Crippen LogP contribution in [0.1, 0.15) is 23.3 Å². The summed E-state index contributed by atoms with van der Waals surface area (Å²) < 4.78 is 23.9. The molecule has 0 aliphatic carbocycles. The van der Waals surface area contributed by atoms with Gasteiger partial charge in [-0.15, -0.1) is 11.3 Å². The molecule has 5 nitrogen and oxygen atoms in total. The molecule has 1 atom stereocenters. The molecule has 2 aliphatic rings. The van der Waals surface area contributed by atoms with Crippen molar-refractivity contribution in [3.05, 3.63) is 56.7 Å². The highest BCUT2D eigenvalue weighted by atomic mass is 32.1. The summed E-state index contributed by atoms with van der Waals surface area (Å²) in [4.78, 5) is 3.86. The van der Waals surface area contributed by atoms with E-state index in [0.29, 0.717) is 18.0 Å². The van der Waals surface area contributed by atoms with E-state index < -0.39 is 0 Å². The van der Waals surface area contributed by atoms with Crippen molar-refractivity contribution in [2.75, 3.05) is 13.2 Å². The highest BCUT2D eigenvalue weighted by Crippen LogP contribution is 2.26. The largest absolute Gasteiger partial charge is 0.376 e. The number of thiophene rings is 1. The van der Waals surface area contributed by atoms with E-state index in [0.717, 1.165) is 50.3 Å². The van der Waals surface area contributed by atoms with Gasteiger partial charge in [-0.1, -0.05) is 0 Å². The lowest BCUT2D eigenvalue weighted by molar-refractivity contribution is 0.0966. The molecule has 5 rings (SSSR count). The molecule has 2 aliphatic heterocycles. The van der Waals surface area contributed by atoms with E-state index in [4.69, 9.17) is 22.1 Å². The van der Waals surface area contributed by atoms with Gasteiger partial charge in [-0.25, -0.2) is 9.07 Å². The van der Waals surface area contributed by atoms with Crippen LogP contribution in [-0.4, -0.2) is 38.5 Å². The van der Waals surface area contributed by atoms with Crippen molar-refractivity contribution in [3.63, 3.8) is 0 Å². The van der Waals surface area contributed by atoms with Gasteiger partial charge in [-0.3, -0.25) is 9.47 Å². The predicted octanol–water partition coefficient (Wildman–Crippen LogP) is 4.48. The molecule has 0 spiro atoms.